The van der Waals surface area contributed by atoms with Gasteiger partial charge in [-0.3, -0.25) is 9.59 Å². The highest BCUT2D eigenvalue weighted by Crippen LogP contribution is 2.36. The molecule has 1 saturated carbocycles. The van der Waals surface area contributed by atoms with Crippen LogP contribution in [0.1, 0.15) is 50.3 Å². The quantitative estimate of drug-likeness (QED) is 0.223. The van der Waals surface area contributed by atoms with E-state index in [1.54, 1.807) is 6.08 Å². The lowest BCUT2D eigenvalue weighted by Gasteiger charge is -2.19. The third-order valence-electron chi connectivity index (χ3n) is 5.62. The molecule has 5 atom stereocenters. The van der Waals surface area contributed by atoms with Gasteiger partial charge in [-0.15, -0.1) is 11.3 Å². The third kappa shape index (κ3) is 9.55. The summed E-state index contributed by atoms with van der Waals surface area (Å²) in [5.41, 5.74) is 0. The van der Waals surface area contributed by atoms with Crippen LogP contribution in [0.3, 0.4) is 0 Å². The molecule has 0 aliphatic heterocycles. The molecular formula is C24H33ClO6S. The Morgan fingerprint density at radius 2 is 2.06 bits per heavy atom. The zero-order valence-corrected chi connectivity index (χ0v) is 19.9. The molecule has 3 N–H and O–H groups in total. The number of Topliss-reactive ketones (excluding diaryl/α,β-unsaturated/α-hetero) is 1. The highest BCUT2D eigenvalue weighted by molar-refractivity contribution is 7.16. The van der Waals surface area contributed by atoms with E-state index >= 15 is 0 Å². The Balaban J connectivity index is 1.74. The second-order valence-corrected chi connectivity index (χ2v) is 10.0. The maximum Gasteiger partial charge on any atom is 0.303 e. The fourth-order valence-corrected chi connectivity index (χ4v) is 4.98. The van der Waals surface area contributed by atoms with E-state index in [1.165, 1.54) is 18.3 Å². The normalized spacial score (nSPS) is 24.4. The van der Waals surface area contributed by atoms with Crippen molar-refractivity contribution in [2.45, 2.75) is 70.2 Å². The zero-order chi connectivity index (χ0) is 23.5. The molecule has 1 fully saturated rings. The number of carbonyl (C=O) groups excluding carboxylic acids is 2. The monoisotopic (exact) mass is 484 g/mol. The molecular weight excluding hydrogens is 452 g/mol. The maximum atomic E-state index is 11.6. The summed E-state index contributed by atoms with van der Waals surface area (Å²) in [4.78, 5) is 23.4. The smallest absolute Gasteiger partial charge is 0.303 e. The van der Waals surface area contributed by atoms with Gasteiger partial charge in [0.25, 0.3) is 0 Å². The van der Waals surface area contributed by atoms with Gasteiger partial charge >= 0.3 is 5.97 Å². The first-order chi connectivity index (χ1) is 15.3. The summed E-state index contributed by atoms with van der Waals surface area (Å²) in [6, 6.07) is 3.80. The van der Waals surface area contributed by atoms with Gasteiger partial charge in [-0.1, -0.05) is 35.9 Å². The number of esters is 1. The third-order valence-corrected chi connectivity index (χ3v) is 6.92. The Morgan fingerprint density at radius 3 is 2.75 bits per heavy atom. The van der Waals surface area contributed by atoms with E-state index < -0.39 is 24.3 Å². The fraction of sp³-hybridized carbons (Fsp3) is 0.583. The number of hydrogen-bond acceptors (Lipinski definition) is 7. The van der Waals surface area contributed by atoms with Crippen LogP contribution in [0.25, 0.3) is 0 Å². The van der Waals surface area contributed by atoms with Gasteiger partial charge in [0.15, 0.2) is 5.78 Å². The van der Waals surface area contributed by atoms with Crippen LogP contribution in [0.2, 0.25) is 4.34 Å². The van der Waals surface area contributed by atoms with Crippen molar-refractivity contribution < 1.29 is 29.6 Å². The van der Waals surface area contributed by atoms with Crippen LogP contribution in [0.4, 0.5) is 0 Å². The highest BCUT2D eigenvalue weighted by atomic mass is 35.5. The Kier molecular flexibility index (Phi) is 11.6. The molecule has 2 rings (SSSR count). The summed E-state index contributed by atoms with van der Waals surface area (Å²) in [5.74, 6) is -0.898. The molecule has 0 aromatic carbocycles. The van der Waals surface area contributed by atoms with Crippen molar-refractivity contribution in [3.05, 3.63) is 45.7 Å². The van der Waals surface area contributed by atoms with Crippen molar-refractivity contribution in [2.75, 3.05) is 6.61 Å². The first-order valence-electron chi connectivity index (χ1n) is 11.0. The molecule has 0 saturated heterocycles. The summed E-state index contributed by atoms with van der Waals surface area (Å²) in [5, 5.41) is 31.0. The van der Waals surface area contributed by atoms with Crippen LogP contribution in [0.15, 0.2) is 36.4 Å². The van der Waals surface area contributed by atoms with Crippen LogP contribution in [0, 0.1) is 11.8 Å². The van der Waals surface area contributed by atoms with E-state index in [0.29, 0.717) is 38.5 Å². The highest BCUT2D eigenvalue weighted by Gasteiger charge is 2.39. The summed E-state index contributed by atoms with van der Waals surface area (Å²) in [6.45, 7) is 1.10. The average molecular weight is 485 g/mol. The molecule has 0 unspecified atom stereocenters. The average Bonchev–Trinajstić information content (AvgIpc) is 3.27. The number of ketones is 1. The van der Waals surface area contributed by atoms with Crippen molar-refractivity contribution in [1.82, 2.24) is 0 Å². The molecule has 1 aliphatic carbocycles. The number of aliphatic hydroxyl groups is 3. The van der Waals surface area contributed by atoms with Gasteiger partial charge in [0.2, 0.25) is 0 Å². The number of hydrogen-bond donors (Lipinski definition) is 3. The first kappa shape index (κ1) is 26.7. The molecule has 0 radical (unpaired) electrons. The molecule has 178 valence electrons. The van der Waals surface area contributed by atoms with E-state index in [1.807, 2.05) is 30.4 Å². The number of halogens is 1. The van der Waals surface area contributed by atoms with Gasteiger partial charge in [-0.2, -0.15) is 0 Å². The van der Waals surface area contributed by atoms with E-state index in [0.717, 1.165) is 15.6 Å². The molecule has 1 aliphatic rings. The topological polar surface area (TPSA) is 104 Å². The van der Waals surface area contributed by atoms with E-state index in [4.69, 9.17) is 11.6 Å². The number of carbonyl (C=O) groups is 2. The van der Waals surface area contributed by atoms with Gasteiger partial charge in [0.05, 0.1) is 22.6 Å². The lowest BCUT2D eigenvalue weighted by atomic mass is 9.89. The maximum absolute atomic E-state index is 11.6. The second kappa shape index (κ2) is 13.9. The van der Waals surface area contributed by atoms with Crippen LogP contribution in [-0.4, -0.2) is 52.0 Å². The van der Waals surface area contributed by atoms with Crippen molar-refractivity contribution in [3.8, 4) is 0 Å². The van der Waals surface area contributed by atoms with Gasteiger partial charge in [0, 0.05) is 30.6 Å². The van der Waals surface area contributed by atoms with Crippen LogP contribution in [-0.2, 0) is 20.7 Å². The van der Waals surface area contributed by atoms with Gasteiger partial charge < -0.3 is 20.1 Å². The minimum atomic E-state index is -0.637. The van der Waals surface area contributed by atoms with Crippen LogP contribution >= 0.6 is 22.9 Å². The molecule has 1 aromatic rings. The number of ether oxygens (including phenoxy) is 1. The molecule has 0 spiro atoms. The molecule has 0 amide bonds. The van der Waals surface area contributed by atoms with Crippen molar-refractivity contribution >= 4 is 34.7 Å². The summed E-state index contributed by atoms with van der Waals surface area (Å²) >= 11 is 7.43. The lowest BCUT2D eigenvalue weighted by Crippen LogP contribution is -2.20. The Bertz CT molecular complexity index is 789. The second-order valence-electron chi connectivity index (χ2n) is 8.23. The molecule has 1 aromatic heterocycles. The SMILES string of the molecule is CC(=O)OCC(=O)CCC/C=C\C[C@@H]1[C@@H](/C=C/[C@@H](O)CCc2ccc(Cl)s2)[C@H](O)C[C@@H]1O. The number of aliphatic hydroxyl groups excluding tert-OH is 3. The number of thiophene rings is 1. The van der Waals surface area contributed by atoms with Crippen molar-refractivity contribution in [1.29, 1.82) is 0 Å². The van der Waals surface area contributed by atoms with E-state index in [2.05, 4.69) is 4.74 Å². The standard InChI is InChI=1S/C24H33ClO6S/c1-16(26)31-15-18(28)6-4-2-3-5-7-20-21(23(30)14-22(20)29)12-9-17(27)8-10-19-11-13-24(25)32-19/h3,5,9,11-13,17,20-23,27,29-30H,2,4,6-8,10,14-15H2,1H3/b5-3-,12-9+/t17-,20+,21+,22-,23+/m0/s1. The minimum Gasteiger partial charge on any atom is -0.458 e. The number of allylic oxidation sites excluding steroid dienone is 2. The van der Waals surface area contributed by atoms with Gasteiger partial charge in [-0.25, -0.2) is 0 Å². The zero-order valence-electron chi connectivity index (χ0n) is 18.4. The first-order valence-corrected chi connectivity index (χ1v) is 12.2. The molecule has 32 heavy (non-hydrogen) atoms. The van der Waals surface area contributed by atoms with E-state index in [-0.39, 0.29) is 24.2 Å². The number of unbranched alkanes of at least 4 members (excludes halogenated alkanes) is 1. The summed E-state index contributed by atoms with van der Waals surface area (Å²) in [7, 11) is 0. The predicted octanol–water partition coefficient (Wildman–Crippen LogP) is 3.86. The molecule has 0 bridgehead atoms. The molecule has 6 nitrogen and oxygen atoms in total. The fourth-order valence-electron chi connectivity index (χ4n) is 3.88. The minimum absolute atomic E-state index is 0.103. The van der Waals surface area contributed by atoms with Gasteiger partial charge in [0.1, 0.15) is 6.61 Å². The number of aryl methyl sites for hydroxylation is 1. The van der Waals surface area contributed by atoms with E-state index in [9.17, 15) is 24.9 Å². The Hall–Kier alpha value is -1.51. The predicted molar refractivity (Wildman–Crippen MR) is 126 cm³/mol. The van der Waals surface area contributed by atoms with Crippen LogP contribution < -0.4 is 0 Å². The summed E-state index contributed by atoms with van der Waals surface area (Å²) < 4.78 is 5.41. The molecule has 8 heteroatoms. The van der Waals surface area contributed by atoms with Crippen LogP contribution in [0.5, 0.6) is 0 Å². The van der Waals surface area contributed by atoms with Crippen molar-refractivity contribution in [3.63, 3.8) is 0 Å². The largest absolute Gasteiger partial charge is 0.458 e. The Labute approximate surface area is 198 Å². The lowest BCUT2D eigenvalue weighted by molar-refractivity contribution is -0.145. The van der Waals surface area contributed by atoms with Crippen molar-refractivity contribution in [2.24, 2.45) is 11.8 Å². The number of rotatable bonds is 13. The summed E-state index contributed by atoms with van der Waals surface area (Å²) in [6.07, 6.45) is 9.59. The Morgan fingerprint density at radius 1 is 1.28 bits per heavy atom. The molecule has 1 heterocycles. The van der Waals surface area contributed by atoms with Gasteiger partial charge in [-0.05, 0) is 50.2 Å².